The molecule has 0 radical (unpaired) electrons. The average Bonchev–Trinajstić information content (AvgIpc) is 2.57. The third-order valence-electron chi connectivity index (χ3n) is 4.37. The van der Waals surface area contributed by atoms with Crippen LogP contribution in [0.4, 0.5) is 0 Å². The lowest BCUT2D eigenvalue weighted by molar-refractivity contribution is -0.140. The summed E-state index contributed by atoms with van der Waals surface area (Å²) >= 11 is 0. The molecule has 0 bridgehead atoms. The van der Waals surface area contributed by atoms with E-state index in [9.17, 15) is 4.79 Å². The number of esters is 1. The molecule has 0 saturated carbocycles. The quantitative estimate of drug-likeness (QED) is 0.164. The van der Waals surface area contributed by atoms with Crippen LogP contribution in [0.5, 0.6) is 0 Å². The summed E-state index contributed by atoms with van der Waals surface area (Å²) in [5.74, 6) is -0.0731. The van der Waals surface area contributed by atoms with Crippen molar-refractivity contribution >= 4 is 5.97 Å². The molecule has 0 aliphatic carbocycles. The largest absolute Gasteiger partial charge is 0.469 e. The Morgan fingerprint density at radius 3 is 1.61 bits per heavy atom. The third-order valence-corrected chi connectivity index (χ3v) is 4.37. The van der Waals surface area contributed by atoms with Crippen molar-refractivity contribution in [1.82, 2.24) is 0 Å². The van der Waals surface area contributed by atoms with Crippen LogP contribution >= 0.6 is 0 Å². The molecule has 0 aliphatic rings. The normalized spacial score (nSPS) is 11.2. The number of carbonyl (C=O) groups is 1. The number of rotatable bonds is 17. The van der Waals surface area contributed by atoms with Crippen LogP contribution in [0, 0.1) is 0 Å². The van der Waals surface area contributed by atoms with Gasteiger partial charge in [-0.25, -0.2) is 0 Å². The van der Waals surface area contributed by atoms with Gasteiger partial charge in [-0.05, 0) is 32.1 Å². The zero-order valence-electron chi connectivity index (χ0n) is 15.8. The Hall–Kier alpha value is -0.790. The van der Waals surface area contributed by atoms with Gasteiger partial charge >= 0.3 is 5.97 Å². The van der Waals surface area contributed by atoms with E-state index in [2.05, 4.69) is 23.8 Å². The molecular formula is C21H40O2. The smallest absolute Gasteiger partial charge is 0.305 e. The highest BCUT2D eigenvalue weighted by molar-refractivity contribution is 5.68. The van der Waals surface area contributed by atoms with Crippen molar-refractivity contribution in [3.05, 3.63) is 12.2 Å². The van der Waals surface area contributed by atoms with Crippen molar-refractivity contribution in [2.45, 2.75) is 110 Å². The first-order valence-electron chi connectivity index (χ1n) is 10.0. The zero-order chi connectivity index (χ0) is 17.0. The van der Waals surface area contributed by atoms with E-state index in [0.29, 0.717) is 6.42 Å². The number of allylic oxidation sites excluding steroid dienone is 2. The Morgan fingerprint density at radius 1 is 0.696 bits per heavy atom. The van der Waals surface area contributed by atoms with E-state index in [-0.39, 0.29) is 5.97 Å². The van der Waals surface area contributed by atoms with E-state index in [1.165, 1.54) is 90.6 Å². The molecule has 0 aromatic carbocycles. The van der Waals surface area contributed by atoms with Crippen LogP contribution < -0.4 is 0 Å². The number of hydrogen-bond acceptors (Lipinski definition) is 2. The van der Waals surface area contributed by atoms with Gasteiger partial charge in [0.25, 0.3) is 0 Å². The predicted octanol–water partition coefficient (Wildman–Crippen LogP) is 6.98. The van der Waals surface area contributed by atoms with Gasteiger partial charge in [-0.2, -0.15) is 0 Å². The lowest BCUT2D eigenvalue weighted by Gasteiger charge is -2.01. The Morgan fingerprint density at radius 2 is 1.13 bits per heavy atom. The Kier molecular flexibility index (Phi) is 18.6. The molecule has 0 N–H and O–H groups in total. The molecule has 0 aliphatic heterocycles. The van der Waals surface area contributed by atoms with E-state index < -0.39 is 0 Å². The minimum atomic E-state index is -0.0731. The van der Waals surface area contributed by atoms with Crippen LogP contribution in [0.3, 0.4) is 0 Å². The molecule has 0 aromatic heterocycles. The van der Waals surface area contributed by atoms with Gasteiger partial charge in [0.2, 0.25) is 0 Å². The molecule has 0 unspecified atom stereocenters. The highest BCUT2D eigenvalue weighted by atomic mass is 16.5. The van der Waals surface area contributed by atoms with Crippen LogP contribution in [0.2, 0.25) is 0 Å². The lowest BCUT2D eigenvalue weighted by Crippen LogP contribution is -1.99. The summed E-state index contributed by atoms with van der Waals surface area (Å²) in [7, 11) is 1.46. The maximum absolute atomic E-state index is 10.9. The molecule has 0 spiro atoms. The van der Waals surface area contributed by atoms with Crippen LogP contribution in [0.1, 0.15) is 110 Å². The number of ether oxygens (including phenoxy) is 1. The van der Waals surface area contributed by atoms with E-state index in [1.807, 2.05) is 0 Å². The van der Waals surface area contributed by atoms with Gasteiger partial charge in [0, 0.05) is 6.42 Å². The number of hydrogen-bond donors (Lipinski definition) is 0. The van der Waals surface area contributed by atoms with Crippen molar-refractivity contribution < 1.29 is 9.53 Å². The van der Waals surface area contributed by atoms with Gasteiger partial charge in [-0.15, -0.1) is 0 Å². The van der Waals surface area contributed by atoms with E-state index in [0.717, 1.165) is 12.8 Å². The van der Waals surface area contributed by atoms with Crippen LogP contribution in [0.15, 0.2) is 12.2 Å². The zero-order valence-corrected chi connectivity index (χ0v) is 15.8. The first-order valence-corrected chi connectivity index (χ1v) is 10.0. The topological polar surface area (TPSA) is 26.3 Å². The van der Waals surface area contributed by atoms with Gasteiger partial charge in [-0.1, -0.05) is 83.3 Å². The second kappa shape index (κ2) is 19.3. The standard InChI is InChI=1S/C21H40O2/c1-3-4-5-6-7-8-9-10-11-12-13-14-15-16-17-18-19-20-21(22)23-2/h11-12H,3-10,13-20H2,1-2H3/b12-11+. The minimum Gasteiger partial charge on any atom is -0.469 e. The maximum Gasteiger partial charge on any atom is 0.305 e. The maximum atomic E-state index is 10.9. The fourth-order valence-corrected chi connectivity index (χ4v) is 2.80. The molecule has 0 saturated heterocycles. The second-order valence-electron chi connectivity index (χ2n) is 6.62. The molecule has 0 rings (SSSR count). The molecule has 0 heterocycles. The number of methoxy groups -OCH3 is 1. The summed E-state index contributed by atoms with van der Waals surface area (Å²) in [6, 6.07) is 0. The average molecular weight is 325 g/mol. The summed E-state index contributed by atoms with van der Waals surface area (Å²) in [5, 5.41) is 0. The summed E-state index contributed by atoms with van der Waals surface area (Å²) in [5.41, 5.74) is 0. The fraction of sp³-hybridized carbons (Fsp3) is 0.857. The van der Waals surface area contributed by atoms with E-state index in [4.69, 9.17) is 0 Å². The molecule has 2 nitrogen and oxygen atoms in total. The van der Waals surface area contributed by atoms with Crippen molar-refractivity contribution in [3.8, 4) is 0 Å². The fourth-order valence-electron chi connectivity index (χ4n) is 2.80. The first-order chi connectivity index (χ1) is 11.3. The van der Waals surface area contributed by atoms with Crippen molar-refractivity contribution in [1.29, 1.82) is 0 Å². The number of carbonyl (C=O) groups excluding carboxylic acids is 1. The van der Waals surface area contributed by atoms with E-state index in [1.54, 1.807) is 0 Å². The molecule has 23 heavy (non-hydrogen) atoms. The van der Waals surface area contributed by atoms with Crippen LogP contribution in [0.25, 0.3) is 0 Å². The first kappa shape index (κ1) is 22.2. The molecule has 0 aromatic rings. The van der Waals surface area contributed by atoms with Gasteiger partial charge in [0.15, 0.2) is 0 Å². The van der Waals surface area contributed by atoms with Gasteiger partial charge in [0.1, 0.15) is 0 Å². The van der Waals surface area contributed by atoms with Gasteiger partial charge < -0.3 is 4.74 Å². The van der Waals surface area contributed by atoms with Gasteiger partial charge in [-0.3, -0.25) is 4.79 Å². The highest BCUT2D eigenvalue weighted by Gasteiger charge is 1.98. The monoisotopic (exact) mass is 324 g/mol. The highest BCUT2D eigenvalue weighted by Crippen LogP contribution is 2.11. The predicted molar refractivity (Wildman–Crippen MR) is 101 cm³/mol. The van der Waals surface area contributed by atoms with E-state index >= 15 is 0 Å². The summed E-state index contributed by atoms with van der Waals surface area (Å²) in [6.07, 6.45) is 24.9. The molecule has 0 amide bonds. The Balaban J connectivity index is 3.10. The molecule has 2 heteroatoms. The van der Waals surface area contributed by atoms with Crippen molar-refractivity contribution in [2.24, 2.45) is 0 Å². The SMILES string of the molecule is CCCCCCCCC/C=C/CCCCCCCCC(=O)OC. The second-order valence-corrected chi connectivity index (χ2v) is 6.62. The minimum absolute atomic E-state index is 0.0731. The summed E-state index contributed by atoms with van der Waals surface area (Å²) in [6.45, 7) is 2.27. The van der Waals surface area contributed by atoms with Crippen LogP contribution in [-0.2, 0) is 9.53 Å². The Labute approximate surface area is 145 Å². The Bertz CT molecular complexity index is 271. The number of unbranched alkanes of at least 4 members (excludes halogenated alkanes) is 13. The van der Waals surface area contributed by atoms with Crippen molar-refractivity contribution in [2.75, 3.05) is 7.11 Å². The summed E-state index contributed by atoms with van der Waals surface area (Å²) < 4.78 is 4.63. The molecule has 0 fully saturated rings. The third kappa shape index (κ3) is 19.2. The lowest BCUT2D eigenvalue weighted by atomic mass is 10.1. The van der Waals surface area contributed by atoms with Crippen LogP contribution in [-0.4, -0.2) is 13.1 Å². The molecule has 136 valence electrons. The molecular weight excluding hydrogens is 284 g/mol. The van der Waals surface area contributed by atoms with Gasteiger partial charge in [0.05, 0.1) is 7.11 Å². The molecule has 0 atom stereocenters. The van der Waals surface area contributed by atoms with Crippen molar-refractivity contribution in [3.63, 3.8) is 0 Å². The summed E-state index contributed by atoms with van der Waals surface area (Å²) in [4.78, 5) is 10.9.